The summed E-state index contributed by atoms with van der Waals surface area (Å²) in [6.45, 7) is 5.00. The molecule has 0 bridgehead atoms. The van der Waals surface area contributed by atoms with Crippen LogP contribution in [0.2, 0.25) is 0 Å². The fraction of sp³-hybridized carbons (Fsp3) is 0.167. The average Bonchev–Trinajstić information content (AvgIpc) is 3.40. The lowest BCUT2D eigenvalue weighted by Crippen LogP contribution is -2.13. The van der Waals surface area contributed by atoms with Gasteiger partial charge in [-0.3, -0.25) is 10.1 Å². The predicted molar refractivity (Wildman–Crippen MR) is 150 cm³/mol. The van der Waals surface area contributed by atoms with Gasteiger partial charge in [0.15, 0.2) is 16.6 Å². The molecule has 0 saturated carbocycles. The largest absolute Gasteiger partial charge is 0.490 e. The van der Waals surface area contributed by atoms with Gasteiger partial charge < -0.3 is 14.2 Å². The van der Waals surface area contributed by atoms with E-state index in [1.54, 1.807) is 18.2 Å². The van der Waals surface area contributed by atoms with E-state index in [4.69, 9.17) is 14.2 Å². The number of carbonyl (C=O) groups is 1. The highest BCUT2D eigenvalue weighted by Crippen LogP contribution is 2.30. The number of ether oxygens (including phenoxy) is 3. The highest BCUT2D eigenvalue weighted by molar-refractivity contribution is 7.14. The summed E-state index contributed by atoms with van der Waals surface area (Å²) in [6, 6.07) is 24.7. The van der Waals surface area contributed by atoms with Gasteiger partial charge in [0.05, 0.1) is 12.3 Å². The molecule has 3 aromatic carbocycles. The van der Waals surface area contributed by atoms with Crippen LogP contribution in [0.3, 0.4) is 0 Å². The van der Waals surface area contributed by atoms with Gasteiger partial charge in [-0.15, -0.1) is 11.3 Å². The number of nitriles is 1. The maximum absolute atomic E-state index is 12.8. The van der Waals surface area contributed by atoms with Crippen LogP contribution in [0.15, 0.2) is 83.7 Å². The van der Waals surface area contributed by atoms with Gasteiger partial charge in [-0.25, -0.2) is 4.98 Å². The van der Waals surface area contributed by atoms with Crippen molar-refractivity contribution in [1.82, 2.24) is 4.98 Å². The van der Waals surface area contributed by atoms with E-state index >= 15 is 0 Å². The molecule has 1 amide bonds. The van der Waals surface area contributed by atoms with Crippen LogP contribution in [-0.2, 0) is 4.79 Å². The zero-order valence-corrected chi connectivity index (χ0v) is 22.0. The third-order valence-corrected chi connectivity index (χ3v) is 6.19. The number of amides is 1. The molecule has 0 saturated heterocycles. The Morgan fingerprint density at radius 2 is 1.71 bits per heavy atom. The molecule has 1 aromatic heterocycles. The van der Waals surface area contributed by atoms with Crippen molar-refractivity contribution in [3.8, 4) is 34.6 Å². The van der Waals surface area contributed by atoms with Crippen molar-refractivity contribution in [2.24, 2.45) is 0 Å². The fourth-order valence-electron chi connectivity index (χ4n) is 3.58. The molecule has 0 radical (unpaired) electrons. The van der Waals surface area contributed by atoms with Crippen molar-refractivity contribution >= 4 is 28.5 Å². The summed E-state index contributed by atoms with van der Waals surface area (Å²) in [7, 11) is 0. The van der Waals surface area contributed by atoms with Crippen molar-refractivity contribution in [3.63, 3.8) is 0 Å². The minimum atomic E-state index is -0.534. The zero-order chi connectivity index (χ0) is 26.7. The first-order valence-electron chi connectivity index (χ1n) is 12.1. The molecule has 0 unspecified atom stereocenters. The molecule has 8 heteroatoms. The molecule has 0 aliphatic carbocycles. The van der Waals surface area contributed by atoms with Crippen LogP contribution in [0.4, 0.5) is 5.13 Å². The maximum Gasteiger partial charge on any atom is 0.268 e. The Kier molecular flexibility index (Phi) is 9.11. The Bertz CT molecular complexity index is 1460. The Hall–Kier alpha value is -4.61. The van der Waals surface area contributed by atoms with Gasteiger partial charge in [-0.2, -0.15) is 5.26 Å². The van der Waals surface area contributed by atoms with Crippen molar-refractivity contribution < 1.29 is 19.0 Å². The maximum atomic E-state index is 12.8. The minimum Gasteiger partial charge on any atom is -0.490 e. The summed E-state index contributed by atoms with van der Waals surface area (Å²) in [4.78, 5) is 17.2. The minimum absolute atomic E-state index is 0.0517. The first kappa shape index (κ1) is 26.5. The van der Waals surface area contributed by atoms with Gasteiger partial charge in [0.1, 0.15) is 30.6 Å². The smallest absolute Gasteiger partial charge is 0.268 e. The molecule has 0 atom stereocenters. The van der Waals surface area contributed by atoms with Crippen molar-refractivity contribution in [3.05, 3.63) is 94.9 Å². The molecular weight excluding hydrogens is 498 g/mol. The Morgan fingerprint density at radius 1 is 0.974 bits per heavy atom. The number of anilines is 1. The van der Waals surface area contributed by atoms with E-state index in [1.807, 2.05) is 79.9 Å². The highest BCUT2D eigenvalue weighted by Gasteiger charge is 2.14. The molecule has 7 nitrogen and oxygen atoms in total. The number of aromatic nitrogens is 1. The fourth-order valence-corrected chi connectivity index (χ4v) is 4.29. The second-order valence-corrected chi connectivity index (χ2v) is 8.99. The number of rotatable bonds is 11. The van der Waals surface area contributed by atoms with Crippen molar-refractivity contribution in [2.45, 2.75) is 13.8 Å². The topological polar surface area (TPSA) is 93.5 Å². The van der Waals surface area contributed by atoms with E-state index in [-0.39, 0.29) is 5.57 Å². The number of nitrogens with zero attached hydrogens (tertiary/aromatic N) is 2. The van der Waals surface area contributed by atoms with Crippen LogP contribution in [0, 0.1) is 18.3 Å². The number of nitrogens with one attached hydrogen (secondary N) is 1. The molecule has 38 heavy (non-hydrogen) atoms. The molecule has 4 aromatic rings. The lowest BCUT2D eigenvalue weighted by atomic mass is 10.1. The first-order chi connectivity index (χ1) is 18.6. The molecule has 192 valence electrons. The van der Waals surface area contributed by atoms with Crippen LogP contribution in [0.1, 0.15) is 18.1 Å². The number of benzene rings is 3. The van der Waals surface area contributed by atoms with E-state index in [0.29, 0.717) is 42.0 Å². The molecule has 4 rings (SSSR count). The van der Waals surface area contributed by atoms with E-state index in [1.165, 1.54) is 17.4 Å². The normalized spacial score (nSPS) is 10.9. The van der Waals surface area contributed by atoms with Gasteiger partial charge in [-0.1, -0.05) is 54.6 Å². The van der Waals surface area contributed by atoms with E-state index in [2.05, 4.69) is 10.3 Å². The van der Waals surface area contributed by atoms with Crippen LogP contribution >= 0.6 is 11.3 Å². The van der Waals surface area contributed by atoms with Gasteiger partial charge >= 0.3 is 0 Å². The van der Waals surface area contributed by atoms with E-state index in [0.717, 1.165) is 22.6 Å². The van der Waals surface area contributed by atoms with Crippen LogP contribution in [0.5, 0.6) is 17.2 Å². The van der Waals surface area contributed by atoms with Gasteiger partial charge in [0, 0.05) is 10.9 Å². The SMILES string of the molecule is CCOc1cc(/C=C(/C#N)C(=O)Nc2nc(-c3ccccc3)cs2)ccc1OCCOc1ccccc1C. The van der Waals surface area contributed by atoms with Crippen LogP contribution < -0.4 is 19.5 Å². The summed E-state index contributed by atoms with van der Waals surface area (Å²) >= 11 is 1.30. The average molecular weight is 526 g/mol. The highest BCUT2D eigenvalue weighted by atomic mass is 32.1. The Morgan fingerprint density at radius 3 is 2.45 bits per heavy atom. The van der Waals surface area contributed by atoms with Crippen LogP contribution in [0.25, 0.3) is 17.3 Å². The standard InChI is InChI=1S/C30H27N3O4S/c1-3-35-28-18-22(13-14-27(28)37-16-15-36-26-12-8-7-9-21(26)2)17-24(19-31)29(34)33-30-32-25(20-38-30)23-10-5-4-6-11-23/h4-14,17-18,20H,3,15-16H2,1-2H3,(H,32,33,34)/b24-17-. The summed E-state index contributed by atoms with van der Waals surface area (Å²) in [5.74, 6) is 1.35. The third kappa shape index (κ3) is 6.99. The molecule has 0 aliphatic rings. The second-order valence-electron chi connectivity index (χ2n) is 8.13. The summed E-state index contributed by atoms with van der Waals surface area (Å²) in [6.07, 6.45) is 1.51. The Balaban J connectivity index is 1.41. The number of hydrogen-bond donors (Lipinski definition) is 1. The van der Waals surface area contributed by atoms with Crippen molar-refractivity contribution in [1.29, 1.82) is 5.26 Å². The van der Waals surface area contributed by atoms with Gasteiger partial charge in [0.25, 0.3) is 5.91 Å². The van der Waals surface area contributed by atoms with Crippen molar-refractivity contribution in [2.75, 3.05) is 25.1 Å². The lowest BCUT2D eigenvalue weighted by molar-refractivity contribution is -0.112. The predicted octanol–water partition coefficient (Wildman–Crippen LogP) is 6.52. The summed E-state index contributed by atoms with van der Waals surface area (Å²) < 4.78 is 17.4. The molecule has 0 aliphatic heterocycles. The number of thiazole rings is 1. The summed E-state index contributed by atoms with van der Waals surface area (Å²) in [5.41, 5.74) is 3.35. The Labute approximate surface area is 226 Å². The lowest BCUT2D eigenvalue weighted by Gasteiger charge is -2.14. The van der Waals surface area contributed by atoms with Gasteiger partial charge in [0.2, 0.25) is 0 Å². The number of hydrogen-bond acceptors (Lipinski definition) is 7. The third-order valence-electron chi connectivity index (χ3n) is 5.43. The monoisotopic (exact) mass is 525 g/mol. The zero-order valence-electron chi connectivity index (χ0n) is 21.1. The molecule has 1 N–H and O–H groups in total. The molecular formula is C30H27N3O4S. The van der Waals surface area contributed by atoms with E-state index < -0.39 is 5.91 Å². The van der Waals surface area contributed by atoms with Crippen LogP contribution in [-0.4, -0.2) is 30.7 Å². The second kappa shape index (κ2) is 13.1. The first-order valence-corrected chi connectivity index (χ1v) is 13.0. The molecule has 0 fully saturated rings. The summed E-state index contributed by atoms with van der Waals surface area (Å²) in [5, 5.41) is 14.6. The van der Waals surface area contributed by atoms with Gasteiger partial charge in [-0.05, 0) is 49.2 Å². The number of aryl methyl sites for hydroxylation is 1. The molecule has 1 heterocycles. The number of carbonyl (C=O) groups excluding carboxylic acids is 1. The number of para-hydroxylation sites is 1. The molecule has 0 spiro atoms. The van der Waals surface area contributed by atoms with E-state index in [9.17, 15) is 10.1 Å². The quantitative estimate of drug-likeness (QED) is 0.136.